The summed E-state index contributed by atoms with van der Waals surface area (Å²) in [4.78, 5) is 0.372. The summed E-state index contributed by atoms with van der Waals surface area (Å²) in [6, 6.07) is 14.3. The van der Waals surface area contributed by atoms with E-state index in [2.05, 4.69) is 50.9 Å². The molecule has 2 aromatic carbocycles. The molecule has 0 radical (unpaired) electrons. The van der Waals surface area contributed by atoms with E-state index in [9.17, 15) is 0 Å². The third kappa shape index (κ3) is 2.57. The van der Waals surface area contributed by atoms with Crippen molar-refractivity contribution in [2.45, 2.75) is 0 Å². The zero-order valence-electron chi connectivity index (χ0n) is 10.4. The summed E-state index contributed by atoms with van der Waals surface area (Å²) in [6.07, 6.45) is 0. The van der Waals surface area contributed by atoms with Crippen LogP contribution in [0, 0.1) is 0 Å². The minimum atomic E-state index is 0.372. The topological polar surface area (TPSA) is 38.0 Å². The number of halogens is 1. The van der Waals surface area contributed by atoms with Crippen molar-refractivity contribution in [3.8, 4) is 0 Å². The van der Waals surface area contributed by atoms with E-state index in [0.717, 1.165) is 21.4 Å². The van der Waals surface area contributed by atoms with Crippen LogP contribution in [0.5, 0.6) is 0 Å². The molecule has 2 nitrogen and oxygen atoms in total. The second-order valence-corrected chi connectivity index (χ2v) is 6.57. The molecule has 0 spiro atoms. The van der Waals surface area contributed by atoms with E-state index < -0.39 is 0 Å². The smallest absolute Gasteiger partial charge is 0.107 e. The van der Waals surface area contributed by atoms with Gasteiger partial charge in [-0.3, -0.25) is 0 Å². The quantitative estimate of drug-likeness (QED) is 0.640. The Hall–Kier alpha value is -1.43. The number of anilines is 2. The Kier molecular flexibility index (Phi) is 3.74. The number of benzene rings is 2. The SMILES string of the molecule is NC(=S)c1c(Br)cccc1Nc1ccc2sccc2c1. The van der Waals surface area contributed by atoms with Crippen molar-refractivity contribution in [1.82, 2.24) is 0 Å². The number of nitrogens with one attached hydrogen (secondary N) is 1. The zero-order valence-corrected chi connectivity index (χ0v) is 13.6. The van der Waals surface area contributed by atoms with Gasteiger partial charge in [0.1, 0.15) is 4.99 Å². The highest BCUT2D eigenvalue weighted by molar-refractivity contribution is 9.10. The number of fused-ring (bicyclic) bond motifs is 1. The fourth-order valence-electron chi connectivity index (χ4n) is 2.08. The van der Waals surface area contributed by atoms with E-state index in [-0.39, 0.29) is 0 Å². The highest BCUT2D eigenvalue weighted by Gasteiger charge is 2.09. The van der Waals surface area contributed by atoms with E-state index in [0.29, 0.717) is 4.99 Å². The Bertz CT molecular complexity index is 795. The predicted octanol–water partition coefficient (Wildman–Crippen LogP) is 5.04. The lowest BCUT2D eigenvalue weighted by atomic mass is 10.1. The Morgan fingerprint density at radius 1 is 1.20 bits per heavy atom. The number of rotatable bonds is 3. The molecule has 1 aromatic heterocycles. The average molecular weight is 363 g/mol. The molecule has 100 valence electrons. The molecule has 0 aliphatic carbocycles. The first-order chi connectivity index (χ1) is 9.65. The number of thiocarbonyl (C=S) groups is 1. The molecule has 0 atom stereocenters. The highest BCUT2D eigenvalue weighted by atomic mass is 79.9. The minimum Gasteiger partial charge on any atom is -0.389 e. The van der Waals surface area contributed by atoms with Gasteiger partial charge in [-0.25, -0.2) is 0 Å². The van der Waals surface area contributed by atoms with Crippen LogP contribution in [0.2, 0.25) is 0 Å². The lowest BCUT2D eigenvalue weighted by Gasteiger charge is -2.13. The van der Waals surface area contributed by atoms with Crippen molar-refractivity contribution < 1.29 is 0 Å². The molecule has 0 saturated carbocycles. The zero-order chi connectivity index (χ0) is 14.1. The Balaban J connectivity index is 2.02. The molecular formula is C15H11BrN2S2. The van der Waals surface area contributed by atoms with Gasteiger partial charge in [-0.2, -0.15) is 0 Å². The van der Waals surface area contributed by atoms with E-state index in [1.807, 2.05) is 18.2 Å². The first-order valence-electron chi connectivity index (χ1n) is 5.98. The molecule has 5 heteroatoms. The van der Waals surface area contributed by atoms with Gasteiger partial charge in [0.2, 0.25) is 0 Å². The minimum absolute atomic E-state index is 0.372. The number of hydrogen-bond acceptors (Lipinski definition) is 3. The van der Waals surface area contributed by atoms with Gasteiger partial charge in [-0.15, -0.1) is 11.3 Å². The largest absolute Gasteiger partial charge is 0.389 e. The van der Waals surface area contributed by atoms with Crippen LogP contribution >= 0.6 is 39.5 Å². The molecule has 0 unspecified atom stereocenters. The fourth-order valence-corrected chi connectivity index (χ4v) is 3.78. The van der Waals surface area contributed by atoms with Crippen LogP contribution in [0.25, 0.3) is 10.1 Å². The Labute approximate surface area is 134 Å². The lowest BCUT2D eigenvalue weighted by Crippen LogP contribution is -2.12. The van der Waals surface area contributed by atoms with Crippen molar-refractivity contribution >= 4 is 65.9 Å². The van der Waals surface area contributed by atoms with Crippen LogP contribution in [0.1, 0.15) is 5.56 Å². The van der Waals surface area contributed by atoms with E-state index in [1.54, 1.807) is 11.3 Å². The van der Waals surface area contributed by atoms with Crippen LogP contribution in [0.3, 0.4) is 0 Å². The molecule has 0 amide bonds. The van der Waals surface area contributed by atoms with Gasteiger partial charge in [0.15, 0.2) is 0 Å². The van der Waals surface area contributed by atoms with Crippen molar-refractivity contribution in [3.63, 3.8) is 0 Å². The van der Waals surface area contributed by atoms with Crippen LogP contribution < -0.4 is 11.1 Å². The van der Waals surface area contributed by atoms with Gasteiger partial charge < -0.3 is 11.1 Å². The molecule has 3 aromatic rings. The second-order valence-electron chi connectivity index (χ2n) is 4.32. The van der Waals surface area contributed by atoms with Crippen LogP contribution in [0.15, 0.2) is 52.3 Å². The van der Waals surface area contributed by atoms with Gasteiger partial charge in [-0.1, -0.05) is 18.3 Å². The Morgan fingerprint density at radius 3 is 2.85 bits per heavy atom. The third-order valence-electron chi connectivity index (χ3n) is 2.99. The number of nitrogens with two attached hydrogens (primary N) is 1. The fraction of sp³-hybridized carbons (Fsp3) is 0. The first-order valence-corrected chi connectivity index (χ1v) is 8.06. The summed E-state index contributed by atoms with van der Waals surface area (Å²) in [5, 5.41) is 6.70. The average Bonchev–Trinajstić information content (AvgIpc) is 2.85. The molecular weight excluding hydrogens is 352 g/mol. The standard InChI is InChI=1S/C15H11BrN2S2/c16-11-2-1-3-12(14(11)15(17)19)18-10-4-5-13-9(8-10)6-7-20-13/h1-8,18H,(H2,17,19). The number of hydrogen-bond donors (Lipinski definition) is 2. The molecule has 3 N–H and O–H groups in total. The molecule has 0 bridgehead atoms. The highest BCUT2D eigenvalue weighted by Crippen LogP contribution is 2.30. The van der Waals surface area contributed by atoms with E-state index >= 15 is 0 Å². The summed E-state index contributed by atoms with van der Waals surface area (Å²) in [5.74, 6) is 0. The molecule has 0 saturated heterocycles. The molecule has 0 aliphatic rings. The maximum Gasteiger partial charge on any atom is 0.107 e. The van der Waals surface area contributed by atoms with Crippen molar-refractivity contribution in [1.29, 1.82) is 0 Å². The molecule has 3 rings (SSSR count). The van der Waals surface area contributed by atoms with Gasteiger partial charge in [-0.05, 0) is 63.1 Å². The summed E-state index contributed by atoms with van der Waals surface area (Å²) in [7, 11) is 0. The molecule has 20 heavy (non-hydrogen) atoms. The summed E-state index contributed by atoms with van der Waals surface area (Å²) >= 11 is 10.4. The summed E-state index contributed by atoms with van der Waals surface area (Å²) < 4.78 is 2.17. The summed E-state index contributed by atoms with van der Waals surface area (Å²) in [5.41, 5.74) is 8.56. The van der Waals surface area contributed by atoms with Gasteiger partial charge in [0, 0.05) is 26.1 Å². The maximum absolute atomic E-state index is 5.81. The van der Waals surface area contributed by atoms with Crippen LogP contribution in [-0.2, 0) is 0 Å². The molecule has 1 heterocycles. The summed E-state index contributed by atoms with van der Waals surface area (Å²) in [6.45, 7) is 0. The van der Waals surface area contributed by atoms with Crippen molar-refractivity contribution in [2.75, 3.05) is 5.32 Å². The van der Waals surface area contributed by atoms with Gasteiger partial charge >= 0.3 is 0 Å². The van der Waals surface area contributed by atoms with Crippen LogP contribution in [-0.4, -0.2) is 4.99 Å². The maximum atomic E-state index is 5.81. The van der Waals surface area contributed by atoms with E-state index in [1.165, 1.54) is 10.1 Å². The van der Waals surface area contributed by atoms with E-state index in [4.69, 9.17) is 18.0 Å². The second kappa shape index (κ2) is 5.52. The van der Waals surface area contributed by atoms with Gasteiger partial charge in [0.25, 0.3) is 0 Å². The predicted molar refractivity (Wildman–Crippen MR) is 95.1 cm³/mol. The van der Waals surface area contributed by atoms with Gasteiger partial charge in [0.05, 0.1) is 0 Å². The lowest BCUT2D eigenvalue weighted by molar-refractivity contribution is 1.51. The number of thiophene rings is 1. The molecule has 0 aliphatic heterocycles. The molecule has 0 fully saturated rings. The van der Waals surface area contributed by atoms with Crippen molar-refractivity contribution in [2.24, 2.45) is 5.73 Å². The normalized spacial score (nSPS) is 10.7. The van der Waals surface area contributed by atoms with Crippen molar-refractivity contribution in [3.05, 3.63) is 57.9 Å². The monoisotopic (exact) mass is 362 g/mol. The Morgan fingerprint density at radius 2 is 2.05 bits per heavy atom. The van der Waals surface area contributed by atoms with Crippen LogP contribution in [0.4, 0.5) is 11.4 Å². The first kappa shape index (κ1) is 13.5. The third-order valence-corrected chi connectivity index (χ3v) is 4.75.